The summed E-state index contributed by atoms with van der Waals surface area (Å²) in [5.41, 5.74) is 4.55. The summed E-state index contributed by atoms with van der Waals surface area (Å²) in [5, 5.41) is 21.9. The summed E-state index contributed by atoms with van der Waals surface area (Å²) < 4.78 is 1.11. The van der Waals surface area contributed by atoms with Crippen LogP contribution in [-0.2, 0) is 12.2 Å². The summed E-state index contributed by atoms with van der Waals surface area (Å²) in [5.74, 6) is 1.36. The molecule has 3 aromatic heterocycles. The summed E-state index contributed by atoms with van der Waals surface area (Å²) in [4.78, 5) is 14.0. The largest absolute Gasteiger partial charge is 0.315 e. The second-order valence-electron chi connectivity index (χ2n) is 6.98. The molecule has 2 N–H and O–H groups in total. The number of aromatic nitrogens is 5. The number of aromatic amines is 1. The number of H-pyrrole nitrogens is 1. The summed E-state index contributed by atoms with van der Waals surface area (Å²) in [6.45, 7) is 2.07. The molecule has 0 atom stereocenters. The zero-order valence-electron chi connectivity index (χ0n) is 16.6. The average Bonchev–Trinajstić information content (AvgIpc) is 3.36. The van der Waals surface area contributed by atoms with Crippen LogP contribution >= 0.6 is 23.1 Å². The highest BCUT2D eigenvalue weighted by Gasteiger charge is 2.17. The third kappa shape index (κ3) is 4.08. The molecule has 152 valence electrons. The van der Waals surface area contributed by atoms with Crippen LogP contribution in [0.15, 0.2) is 53.7 Å². The van der Waals surface area contributed by atoms with Gasteiger partial charge in [-0.25, -0.2) is 15.0 Å². The van der Waals surface area contributed by atoms with Crippen molar-refractivity contribution in [3.8, 4) is 6.07 Å². The molecule has 0 fully saturated rings. The van der Waals surface area contributed by atoms with E-state index in [1.165, 1.54) is 11.1 Å². The van der Waals surface area contributed by atoms with E-state index in [4.69, 9.17) is 4.98 Å². The molecular weight excluding hydrogens is 426 g/mol. The molecule has 0 radical (unpaired) electrons. The number of hydrogen-bond donors (Lipinski definition) is 2. The molecule has 0 saturated heterocycles. The van der Waals surface area contributed by atoms with Gasteiger partial charge in [-0.05, 0) is 30.2 Å². The molecular formula is C22H17N7S2. The fourth-order valence-electron chi connectivity index (χ4n) is 3.23. The lowest BCUT2D eigenvalue weighted by atomic mass is 10.2. The molecule has 0 unspecified atom stereocenters. The lowest BCUT2D eigenvalue weighted by Gasteiger charge is -2.07. The maximum absolute atomic E-state index is 9.19. The molecule has 5 aromatic rings. The number of nitrogens with zero attached hydrogens (tertiary/aromatic N) is 5. The number of nitriles is 1. The van der Waals surface area contributed by atoms with Gasteiger partial charge in [0.2, 0.25) is 0 Å². The van der Waals surface area contributed by atoms with Crippen LogP contribution in [0.4, 0.5) is 10.9 Å². The van der Waals surface area contributed by atoms with Crippen LogP contribution in [-0.4, -0.2) is 25.1 Å². The zero-order chi connectivity index (χ0) is 21.2. The van der Waals surface area contributed by atoms with Gasteiger partial charge in [0, 0.05) is 5.75 Å². The minimum Gasteiger partial charge on any atom is -0.315 e. The predicted octanol–water partition coefficient (Wildman–Crippen LogP) is 5.37. The second-order valence-corrected chi connectivity index (χ2v) is 8.95. The molecule has 0 aliphatic carbocycles. The number of rotatable bonds is 6. The average molecular weight is 444 g/mol. The van der Waals surface area contributed by atoms with E-state index in [-0.39, 0.29) is 6.42 Å². The van der Waals surface area contributed by atoms with Gasteiger partial charge in [-0.2, -0.15) is 10.4 Å². The van der Waals surface area contributed by atoms with Gasteiger partial charge in [-0.3, -0.25) is 5.10 Å². The molecule has 0 saturated carbocycles. The minimum absolute atomic E-state index is 0.198. The molecule has 31 heavy (non-hydrogen) atoms. The molecule has 0 amide bonds. The third-order valence-corrected chi connectivity index (χ3v) is 6.56. The van der Waals surface area contributed by atoms with Crippen LogP contribution in [0.2, 0.25) is 0 Å². The Morgan fingerprint density at radius 2 is 2.00 bits per heavy atom. The second kappa shape index (κ2) is 8.34. The molecule has 0 bridgehead atoms. The number of anilines is 2. The summed E-state index contributed by atoms with van der Waals surface area (Å²) >= 11 is 3.11. The Morgan fingerprint density at radius 1 is 1.13 bits per heavy atom. The van der Waals surface area contributed by atoms with E-state index >= 15 is 0 Å². The highest BCUT2D eigenvalue weighted by atomic mass is 32.2. The van der Waals surface area contributed by atoms with Crippen molar-refractivity contribution in [2.45, 2.75) is 24.3 Å². The number of aryl methyl sites for hydroxylation is 1. The summed E-state index contributed by atoms with van der Waals surface area (Å²) in [7, 11) is 0. The van der Waals surface area contributed by atoms with Gasteiger partial charge in [0.25, 0.3) is 0 Å². The Labute approximate surface area is 186 Å². The van der Waals surface area contributed by atoms with Crippen molar-refractivity contribution in [1.82, 2.24) is 25.1 Å². The van der Waals surface area contributed by atoms with E-state index in [0.29, 0.717) is 22.3 Å². The number of fused-ring (bicyclic) bond motifs is 2. The minimum atomic E-state index is 0.198. The monoisotopic (exact) mass is 443 g/mol. The van der Waals surface area contributed by atoms with Gasteiger partial charge in [0.05, 0.1) is 33.8 Å². The topological polar surface area (TPSA) is 103 Å². The van der Waals surface area contributed by atoms with Crippen LogP contribution < -0.4 is 5.32 Å². The lowest BCUT2D eigenvalue weighted by Crippen LogP contribution is -1.99. The normalized spacial score (nSPS) is 11.1. The van der Waals surface area contributed by atoms with Crippen molar-refractivity contribution in [2.24, 2.45) is 0 Å². The maximum atomic E-state index is 9.19. The fourth-order valence-corrected chi connectivity index (χ4v) is 4.99. The molecule has 3 heterocycles. The van der Waals surface area contributed by atoms with E-state index in [1.54, 1.807) is 23.1 Å². The fraction of sp³-hybridized carbons (Fsp3) is 0.136. The number of hydrogen-bond acceptors (Lipinski definition) is 8. The Kier molecular flexibility index (Phi) is 5.24. The van der Waals surface area contributed by atoms with Gasteiger partial charge < -0.3 is 5.32 Å². The molecule has 0 spiro atoms. The molecule has 0 aliphatic heterocycles. The predicted molar refractivity (Wildman–Crippen MR) is 125 cm³/mol. The molecule has 2 aromatic carbocycles. The molecule has 7 nitrogen and oxygen atoms in total. The summed E-state index contributed by atoms with van der Waals surface area (Å²) in [6.07, 6.45) is 0.198. The van der Waals surface area contributed by atoms with Crippen molar-refractivity contribution < 1.29 is 0 Å². The van der Waals surface area contributed by atoms with Crippen molar-refractivity contribution >= 4 is 55.3 Å². The standard InChI is InChI=1S/C22H17N7S2/c1-13-7-8-15-17(11-13)31-22(24-15)26-19-18-16(9-10-23)28-29-20(18)27-21(25-19)30-12-14-5-3-2-4-6-14/h2-8,11H,9,12H2,1H3,(H2,24,25,26,27,28,29). The first kappa shape index (κ1) is 19.5. The van der Waals surface area contributed by atoms with Crippen molar-refractivity contribution in [3.05, 3.63) is 65.4 Å². The van der Waals surface area contributed by atoms with E-state index in [0.717, 1.165) is 26.5 Å². The first-order valence-electron chi connectivity index (χ1n) is 9.62. The number of nitrogens with one attached hydrogen (secondary N) is 2. The van der Waals surface area contributed by atoms with Crippen LogP contribution in [0.3, 0.4) is 0 Å². The Balaban J connectivity index is 1.52. The lowest BCUT2D eigenvalue weighted by molar-refractivity contribution is 0.978. The van der Waals surface area contributed by atoms with Gasteiger partial charge in [-0.1, -0.05) is 59.5 Å². The highest BCUT2D eigenvalue weighted by molar-refractivity contribution is 7.98. The smallest absolute Gasteiger partial charge is 0.192 e. The number of benzene rings is 2. The third-order valence-electron chi connectivity index (χ3n) is 4.70. The van der Waals surface area contributed by atoms with Gasteiger partial charge in [0.15, 0.2) is 15.9 Å². The van der Waals surface area contributed by atoms with Crippen LogP contribution in [0, 0.1) is 18.3 Å². The Hall–Kier alpha value is -3.48. The molecule has 9 heteroatoms. The van der Waals surface area contributed by atoms with Crippen LogP contribution in [0.5, 0.6) is 0 Å². The maximum Gasteiger partial charge on any atom is 0.192 e. The Morgan fingerprint density at radius 3 is 2.84 bits per heavy atom. The van der Waals surface area contributed by atoms with E-state index in [9.17, 15) is 5.26 Å². The first-order valence-corrected chi connectivity index (χ1v) is 11.4. The highest BCUT2D eigenvalue weighted by Crippen LogP contribution is 2.33. The van der Waals surface area contributed by atoms with E-state index in [2.05, 4.69) is 56.7 Å². The van der Waals surface area contributed by atoms with E-state index in [1.807, 2.05) is 30.3 Å². The zero-order valence-corrected chi connectivity index (χ0v) is 18.2. The SMILES string of the molecule is Cc1ccc2nc(Nc3nc(SCc4ccccc4)nc4n[nH]c(CC#N)c34)sc2c1. The van der Waals surface area contributed by atoms with Gasteiger partial charge >= 0.3 is 0 Å². The van der Waals surface area contributed by atoms with Gasteiger partial charge in [-0.15, -0.1) is 0 Å². The summed E-state index contributed by atoms with van der Waals surface area (Å²) in [6, 6.07) is 18.5. The van der Waals surface area contributed by atoms with Gasteiger partial charge in [0.1, 0.15) is 5.82 Å². The number of thiazole rings is 1. The quantitative estimate of drug-likeness (QED) is 0.268. The van der Waals surface area contributed by atoms with Crippen LogP contribution in [0.1, 0.15) is 16.8 Å². The molecule has 0 aliphatic rings. The molecule has 5 rings (SSSR count). The van der Waals surface area contributed by atoms with E-state index < -0.39 is 0 Å². The van der Waals surface area contributed by atoms with Crippen LogP contribution in [0.25, 0.3) is 21.3 Å². The first-order chi connectivity index (χ1) is 15.2. The number of thioether (sulfide) groups is 1. The van der Waals surface area contributed by atoms with Crippen molar-refractivity contribution in [3.63, 3.8) is 0 Å². The Bertz CT molecular complexity index is 1420. The van der Waals surface area contributed by atoms with Crippen molar-refractivity contribution in [2.75, 3.05) is 5.32 Å². The van der Waals surface area contributed by atoms with Crippen molar-refractivity contribution in [1.29, 1.82) is 5.26 Å².